The SMILES string of the molecule is Cc1ccc2c(c1)-c1c(cnn1CC(=O)NCc1ccc3c(c1)OCO3)CO2. The smallest absolute Gasteiger partial charge is 0.242 e. The van der Waals surface area contributed by atoms with Crippen LogP contribution in [0.2, 0.25) is 0 Å². The number of carbonyl (C=O) groups excluding carboxylic acids is 1. The van der Waals surface area contributed by atoms with Gasteiger partial charge in [0.15, 0.2) is 11.5 Å². The molecule has 0 bridgehead atoms. The molecule has 0 radical (unpaired) electrons. The molecule has 2 aliphatic rings. The van der Waals surface area contributed by atoms with E-state index >= 15 is 0 Å². The molecule has 0 atom stereocenters. The fourth-order valence-electron chi connectivity index (χ4n) is 3.52. The van der Waals surface area contributed by atoms with Gasteiger partial charge < -0.3 is 19.5 Å². The van der Waals surface area contributed by atoms with E-state index < -0.39 is 0 Å². The topological polar surface area (TPSA) is 74.6 Å². The number of benzene rings is 2. The Labute approximate surface area is 161 Å². The highest BCUT2D eigenvalue weighted by atomic mass is 16.7. The zero-order chi connectivity index (χ0) is 19.1. The van der Waals surface area contributed by atoms with Crippen LogP contribution >= 0.6 is 0 Å². The molecule has 2 aromatic carbocycles. The minimum Gasteiger partial charge on any atom is -0.488 e. The maximum Gasteiger partial charge on any atom is 0.242 e. The molecular weight excluding hydrogens is 358 g/mol. The first-order valence-electron chi connectivity index (χ1n) is 9.11. The first kappa shape index (κ1) is 16.7. The Kier molecular flexibility index (Phi) is 3.93. The monoisotopic (exact) mass is 377 g/mol. The van der Waals surface area contributed by atoms with E-state index in [1.165, 1.54) is 0 Å². The number of aromatic nitrogens is 2. The van der Waals surface area contributed by atoms with Crippen molar-refractivity contribution < 1.29 is 19.0 Å². The number of aryl methyl sites for hydroxylation is 1. The fourth-order valence-corrected chi connectivity index (χ4v) is 3.52. The van der Waals surface area contributed by atoms with Crippen LogP contribution < -0.4 is 19.5 Å². The maximum atomic E-state index is 12.5. The van der Waals surface area contributed by atoms with Crippen molar-refractivity contribution in [1.29, 1.82) is 0 Å². The zero-order valence-corrected chi connectivity index (χ0v) is 15.4. The van der Waals surface area contributed by atoms with Crippen LogP contribution in [-0.4, -0.2) is 22.5 Å². The minimum atomic E-state index is -0.107. The molecule has 142 valence electrons. The van der Waals surface area contributed by atoms with Crippen LogP contribution in [-0.2, 0) is 24.5 Å². The van der Waals surface area contributed by atoms with Gasteiger partial charge in [-0.1, -0.05) is 17.7 Å². The van der Waals surface area contributed by atoms with Gasteiger partial charge in [0, 0.05) is 17.7 Å². The second-order valence-corrected chi connectivity index (χ2v) is 6.93. The Hall–Kier alpha value is -3.48. The predicted molar refractivity (Wildman–Crippen MR) is 101 cm³/mol. The first-order valence-corrected chi connectivity index (χ1v) is 9.11. The van der Waals surface area contributed by atoms with E-state index in [0.29, 0.717) is 18.9 Å². The highest BCUT2D eigenvalue weighted by Gasteiger charge is 2.23. The Morgan fingerprint density at radius 3 is 2.89 bits per heavy atom. The van der Waals surface area contributed by atoms with Gasteiger partial charge in [-0.25, -0.2) is 0 Å². The fraction of sp³-hybridized carbons (Fsp3) is 0.238. The molecule has 5 rings (SSSR count). The number of nitrogens with zero attached hydrogens (tertiary/aromatic N) is 2. The van der Waals surface area contributed by atoms with Crippen LogP contribution in [0.1, 0.15) is 16.7 Å². The van der Waals surface area contributed by atoms with E-state index in [0.717, 1.165) is 39.4 Å². The summed E-state index contributed by atoms with van der Waals surface area (Å²) in [7, 11) is 0. The van der Waals surface area contributed by atoms with Crippen molar-refractivity contribution in [3.05, 3.63) is 59.3 Å². The third-order valence-electron chi connectivity index (χ3n) is 4.91. The first-order chi connectivity index (χ1) is 13.7. The standard InChI is InChI=1S/C21H19N3O4/c1-13-2-4-17-16(6-13)21-15(11-26-17)9-23-24(21)10-20(25)22-8-14-3-5-18-19(7-14)28-12-27-18/h2-7,9H,8,10-12H2,1H3,(H,22,25). The molecule has 0 fully saturated rings. The van der Waals surface area contributed by atoms with Gasteiger partial charge in [-0.3, -0.25) is 9.48 Å². The second kappa shape index (κ2) is 6.60. The molecule has 0 unspecified atom stereocenters. The number of carbonyl (C=O) groups is 1. The van der Waals surface area contributed by atoms with Gasteiger partial charge in [0.2, 0.25) is 12.7 Å². The van der Waals surface area contributed by atoms with Gasteiger partial charge in [-0.05, 0) is 36.8 Å². The molecule has 0 saturated heterocycles. The molecule has 2 aliphatic heterocycles. The number of ether oxygens (including phenoxy) is 3. The van der Waals surface area contributed by atoms with Gasteiger partial charge in [-0.15, -0.1) is 0 Å². The van der Waals surface area contributed by atoms with Gasteiger partial charge in [-0.2, -0.15) is 5.10 Å². The van der Waals surface area contributed by atoms with E-state index in [1.54, 1.807) is 10.9 Å². The molecule has 0 spiro atoms. The van der Waals surface area contributed by atoms with Crippen LogP contribution in [0.25, 0.3) is 11.3 Å². The van der Waals surface area contributed by atoms with Crippen molar-refractivity contribution in [3.8, 4) is 28.5 Å². The number of amides is 1. The van der Waals surface area contributed by atoms with Gasteiger partial charge in [0.1, 0.15) is 18.9 Å². The second-order valence-electron chi connectivity index (χ2n) is 6.93. The summed E-state index contributed by atoms with van der Waals surface area (Å²) >= 11 is 0. The summed E-state index contributed by atoms with van der Waals surface area (Å²) in [6, 6.07) is 11.7. The molecule has 7 nitrogen and oxygen atoms in total. The summed E-state index contributed by atoms with van der Waals surface area (Å²) in [6.45, 7) is 3.29. The van der Waals surface area contributed by atoms with Crippen molar-refractivity contribution >= 4 is 5.91 Å². The number of nitrogens with one attached hydrogen (secondary N) is 1. The molecule has 3 aromatic rings. The lowest BCUT2D eigenvalue weighted by atomic mass is 10.0. The zero-order valence-electron chi connectivity index (χ0n) is 15.4. The van der Waals surface area contributed by atoms with Gasteiger partial charge in [0.05, 0.1) is 11.9 Å². The van der Waals surface area contributed by atoms with E-state index in [4.69, 9.17) is 14.2 Å². The van der Waals surface area contributed by atoms with E-state index in [-0.39, 0.29) is 19.2 Å². The van der Waals surface area contributed by atoms with Crippen LogP contribution in [0.4, 0.5) is 0 Å². The van der Waals surface area contributed by atoms with Gasteiger partial charge >= 0.3 is 0 Å². The summed E-state index contributed by atoms with van der Waals surface area (Å²) in [4.78, 5) is 12.5. The number of hydrogen-bond acceptors (Lipinski definition) is 5. The lowest BCUT2D eigenvalue weighted by Crippen LogP contribution is -2.28. The summed E-state index contributed by atoms with van der Waals surface area (Å²) in [5, 5.41) is 7.35. The van der Waals surface area contributed by atoms with E-state index in [2.05, 4.69) is 16.5 Å². The molecular formula is C21H19N3O4. The Morgan fingerprint density at radius 1 is 1.11 bits per heavy atom. The lowest BCUT2D eigenvalue weighted by molar-refractivity contribution is -0.122. The highest BCUT2D eigenvalue weighted by Crippen LogP contribution is 2.38. The largest absolute Gasteiger partial charge is 0.488 e. The molecule has 7 heteroatoms. The third-order valence-corrected chi connectivity index (χ3v) is 4.91. The molecule has 28 heavy (non-hydrogen) atoms. The Balaban J connectivity index is 1.31. The Morgan fingerprint density at radius 2 is 1.96 bits per heavy atom. The summed E-state index contributed by atoms with van der Waals surface area (Å²) in [5.41, 5.74) is 5.00. The predicted octanol–water partition coefficient (Wildman–Crippen LogP) is 2.80. The van der Waals surface area contributed by atoms with E-state index in [9.17, 15) is 4.79 Å². The molecule has 3 heterocycles. The van der Waals surface area contributed by atoms with Crippen LogP contribution in [0.5, 0.6) is 17.2 Å². The maximum absolute atomic E-state index is 12.5. The Bertz CT molecular complexity index is 1070. The van der Waals surface area contributed by atoms with Crippen molar-refractivity contribution in [2.24, 2.45) is 0 Å². The third kappa shape index (κ3) is 2.94. The van der Waals surface area contributed by atoms with Gasteiger partial charge in [0.25, 0.3) is 0 Å². The van der Waals surface area contributed by atoms with Crippen molar-refractivity contribution in [1.82, 2.24) is 15.1 Å². The average Bonchev–Trinajstić information content (AvgIpc) is 3.33. The molecule has 1 aromatic heterocycles. The molecule has 1 amide bonds. The molecule has 1 N–H and O–H groups in total. The normalized spacial score (nSPS) is 13.5. The summed E-state index contributed by atoms with van der Waals surface area (Å²) < 4.78 is 18.2. The quantitative estimate of drug-likeness (QED) is 0.757. The van der Waals surface area contributed by atoms with E-state index in [1.807, 2.05) is 37.3 Å². The molecule has 0 saturated carbocycles. The van der Waals surface area contributed by atoms with Crippen molar-refractivity contribution in [2.75, 3.05) is 6.79 Å². The highest BCUT2D eigenvalue weighted by molar-refractivity contribution is 5.78. The van der Waals surface area contributed by atoms with Crippen LogP contribution in [0, 0.1) is 6.92 Å². The van der Waals surface area contributed by atoms with Crippen LogP contribution in [0.3, 0.4) is 0 Å². The molecule has 0 aliphatic carbocycles. The average molecular weight is 377 g/mol. The summed E-state index contributed by atoms with van der Waals surface area (Å²) in [6.07, 6.45) is 1.77. The number of rotatable bonds is 4. The number of fused-ring (bicyclic) bond motifs is 4. The lowest BCUT2D eigenvalue weighted by Gasteiger charge is -2.19. The minimum absolute atomic E-state index is 0.107. The van der Waals surface area contributed by atoms with Crippen molar-refractivity contribution in [3.63, 3.8) is 0 Å². The number of hydrogen-bond donors (Lipinski definition) is 1. The summed E-state index contributed by atoms with van der Waals surface area (Å²) in [5.74, 6) is 2.15. The van der Waals surface area contributed by atoms with Crippen LogP contribution in [0.15, 0.2) is 42.6 Å². The van der Waals surface area contributed by atoms with Crippen molar-refractivity contribution in [2.45, 2.75) is 26.6 Å².